The Balaban J connectivity index is 1.67. The van der Waals surface area contributed by atoms with Crippen LogP contribution in [0.5, 0.6) is 5.75 Å². The highest BCUT2D eigenvalue weighted by Gasteiger charge is 2.08. The average Bonchev–Trinajstić information content (AvgIpc) is 2.68. The average molecular weight is 368 g/mol. The second-order valence-corrected chi connectivity index (χ2v) is 5.99. The number of anilines is 2. The van der Waals surface area contributed by atoms with E-state index in [0.717, 1.165) is 11.3 Å². The number of ether oxygens (including phenoxy) is 1. The minimum absolute atomic E-state index is 0.213. The minimum atomic E-state index is -0.213. The predicted molar refractivity (Wildman–Crippen MR) is 104 cm³/mol. The Morgan fingerprint density at radius 1 is 1.12 bits per heavy atom. The van der Waals surface area contributed by atoms with Gasteiger partial charge < -0.3 is 15.4 Å². The van der Waals surface area contributed by atoms with E-state index in [0.29, 0.717) is 28.6 Å². The molecule has 0 fully saturated rings. The van der Waals surface area contributed by atoms with Crippen LogP contribution in [0.4, 0.5) is 11.5 Å². The summed E-state index contributed by atoms with van der Waals surface area (Å²) in [6.07, 6.45) is 1.60. The first kappa shape index (κ1) is 17.8. The standard InChI is InChI=1S/C20H18ClN3O2/c1-26-18-5-3-2-4-15(18)13-23-19-12-14(10-11-22-19)20(25)24-17-8-6-16(21)7-9-17/h2-12H,13H2,1H3,(H,22,23)(H,24,25). The number of pyridine rings is 1. The molecule has 132 valence electrons. The molecular weight excluding hydrogens is 350 g/mol. The van der Waals surface area contributed by atoms with Crippen molar-refractivity contribution < 1.29 is 9.53 Å². The summed E-state index contributed by atoms with van der Waals surface area (Å²) in [7, 11) is 1.64. The zero-order valence-electron chi connectivity index (χ0n) is 14.2. The van der Waals surface area contributed by atoms with Crippen LogP contribution in [0, 0.1) is 0 Å². The minimum Gasteiger partial charge on any atom is -0.496 e. The van der Waals surface area contributed by atoms with Crippen molar-refractivity contribution in [3.05, 3.63) is 83.0 Å². The summed E-state index contributed by atoms with van der Waals surface area (Å²) < 4.78 is 5.34. The molecule has 2 N–H and O–H groups in total. The van der Waals surface area contributed by atoms with Crippen LogP contribution in [0.3, 0.4) is 0 Å². The Bertz CT molecular complexity index is 898. The first-order valence-corrected chi connectivity index (χ1v) is 8.42. The summed E-state index contributed by atoms with van der Waals surface area (Å²) in [5.74, 6) is 1.20. The summed E-state index contributed by atoms with van der Waals surface area (Å²) >= 11 is 5.85. The molecule has 6 heteroatoms. The fraction of sp³-hybridized carbons (Fsp3) is 0.100. The number of nitrogens with one attached hydrogen (secondary N) is 2. The van der Waals surface area contributed by atoms with Crippen LogP contribution in [0.25, 0.3) is 0 Å². The van der Waals surface area contributed by atoms with Gasteiger partial charge in [-0.15, -0.1) is 0 Å². The van der Waals surface area contributed by atoms with Gasteiger partial charge in [-0.2, -0.15) is 0 Å². The fourth-order valence-electron chi connectivity index (χ4n) is 2.44. The highest BCUT2D eigenvalue weighted by atomic mass is 35.5. The van der Waals surface area contributed by atoms with Gasteiger partial charge >= 0.3 is 0 Å². The summed E-state index contributed by atoms with van der Waals surface area (Å²) in [6, 6.07) is 18.1. The first-order chi connectivity index (χ1) is 12.7. The molecule has 3 rings (SSSR count). The van der Waals surface area contributed by atoms with Crippen molar-refractivity contribution in [2.45, 2.75) is 6.54 Å². The maximum Gasteiger partial charge on any atom is 0.255 e. The van der Waals surface area contributed by atoms with Crippen molar-refractivity contribution in [3.8, 4) is 5.75 Å². The van der Waals surface area contributed by atoms with Gasteiger partial charge in [0, 0.05) is 34.6 Å². The molecule has 1 amide bonds. The topological polar surface area (TPSA) is 63.2 Å². The molecule has 0 spiro atoms. The molecule has 0 saturated heterocycles. The number of benzene rings is 2. The molecular formula is C20H18ClN3O2. The van der Waals surface area contributed by atoms with Crippen molar-refractivity contribution in [3.63, 3.8) is 0 Å². The van der Waals surface area contributed by atoms with Crippen LogP contribution >= 0.6 is 11.6 Å². The number of hydrogen-bond donors (Lipinski definition) is 2. The number of aromatic nitrogens is 1. The monoisotopic (exact) mass is 367 g/mol. The summed E-state index contributed by atoms with van der Waals surface area (Å²) in [6.45, 7) is 0.541. The van der Waals surface area contributed by atoms with Gasteiger partial charge in [-0.3, -0.25) is 4.79 Å². The molecule has 3 aromatic rings. The largest absolute Gasteiger partial charge is 0.496 e. The lowest BCUT2D eigenvalue weighted by Gasteiger charge is -2.11. The highest BCUT2D eigenvalue weighted by Crippen LogP contribution is 2.19. The molecule has 1 aromatic heterocycles. The lowest BCUT2D eigenvalue weighted by Crippen LogP contribution is -2.12. The van der Waals surface area contributed by atoms with Crippen molar-refractivity contribution >= 4 is 29.0 Å². The number of halogens is 1. The second-order valence-electron chi connectivity index (χ2n) is 5.56. The van der Waals surface area contributed by atoms with Crippen LogP contribution < -0.4 is 15.4 Å². The smallest absolute Gasteiger partial charge is 0.255 e. The lowest BCUT2D eigenvalue weighted by atomic mass is 10.2. The zero-order valence-corrected chi connectivity index (χ0v) is 15.0. The molecule has 0 aliphatic rings. The number of carbonyl (C=O) groups excluding carboxylic acids is 1. The van der Waals surface area contributed by atoms with E-state index in [-0.39, 0.29) is 5.91 Å². The number of hydrogen-bond acceptors (Lipinski definition) is 4. The molecule has 0 bridgehead atoms. The quantitative estimate of drug-likeness (QED) is 0.668. The van der Waals surface area contributed by atoms with Crippen molar-refractivity contribution in [2.75, 3.05) is 17.7 Å². The molecule has 0 saturated carbocycles. The first-order valence-electron chi connectivity index (χ1n) is 8.04. The van der Waals surface area contributed by atoms with Crippen LogP contribution in [0.1, 0.15) is 15.9 Å². The Hall–Kier alpha value is -3.05. The Morgan fingerprint density at radius 3 is 2.65 bits per heavy atom. The fourth-order valence-corrected chi connectivity index (χ4v) is 2.57. The molecule has 0 aliphatic heterocycles. The van der Waals surface area contributed by atoms with E-state index >= 15 is 0 Å². The Morgan fingerprint density at radius 2 is 1.88 bits per heavy atom. The normalized spacial score (nSPS) is 10.2. The van der Waals surface area contributed by atoms with E-state index in [1.54, 1.807) is 49.7 Å². The number of rotatable bonds is 6. The summed E-state index contributed by atoms with van der Waals surface area (Å²) in [5.41, 5.74) is 2.20. The van der Waals surface area contributed by atoms with E-state index in [9.17, 15) is 4.79 Å². The molecule has 0 atom stereocenters. The molecule has 5 nitrogen and oxygen atoms in total. The summed E-state index contributed by atoms with van der Waals surface area (Å²) in [4.78, 5) is 16.7. The summed E-state index contributed by atoms with van der Waals surface area (Å²) in [5, 5.41) is 6.67. The molecule has 0 aliphatic carbocycles. The molecule has 2 aromatic carbocycles. The van der Waals surface area contributed by atoms with Gasteiger partial charge in [0.1, 0.15) is 11.6 Å². The van der Waals surface area contributed by atoms with Crippen LogP contribution in [-0.2, 0) is 6.54 Å². The number of amides is 1. The number of methoxy groups -OCH3 is 1. The molecule has 26 heavy (non-hydrogen) atoms. The molecule has 1 heterocycles. The van der Waals surface area contributed by atoms with Crippen molar-refractivity contribution in [1.82, 2.24) is 4.98 Å². The SMILES string of the molecule is COc1ccccc1CNc1cc(C(=O)Nc2ccc(Cl)cc2)ccn1. The zero-order chi connectivity index (χ0) is 18.4. The van der Waals surface area contributed by atoms with E-state index in [1.165, 1.54) is 0 Å². The maximum absolute atomic E-state index is 12.4. The maximum atomic E-state index is 12.4. The third-order valence-corrected chi connectivity index (χ3v) is 4.03. The van der Waals surface area contributed by atoms with E-state index < -0.39 is 0 Å². The second kappa shape index (κ2) is 8.36. The lowest BCUT2D eigenvalue weighted by molar-refractivity contribution is 0.102. The van der Waals surface area contributed by atoms with Gasteiger partial charge in [0.15, 0.2) is 0 Å². The Labute approximate surface area is 157 Å². The van der Waals surface area contributed by atoms with Crippen molar-refractivity contribution in [2.24, 2.45) is 0 Å². The van der Waals surface area contributed by atoms with Gasteiger partial charge in [0.2, 0.25) is 0 Å². The van der Waals surface area contributed by atoms with Crippen LogP contribution in [0.15, 0.2) is 66.9 Å². The Kier molecular flexibility index (Phi) is 5.71. The number of nitrogens with zero attached hydrogens (tertiary/aromatic N) is 1. The van der Waals surface area contributed by atoms with Crippen molar-refractivity contribution in [1.29, 1.82) is 0 Å². The number of carbonyl (C=O) groups is 1. The van der Waals surface area contributed by atoms with E-state index in [4.69, 9.17) is 16.3 Å². The van der Waals surface area contributed by atoms with Gasteiger partial charge in [-0.25, -0.2) is 4.98 Å². The third-order valence-electron chi connectivity index (χ3n) is 3.78. The molecule has 0 radical (unpaired) electrons. The van der Waals surface area contributed by atoms with Crippen LogP contribution in [-0.4, -0.2) is 18.0 Å². The van der Waals surface area contributed by atoms with Gasteiger partial charge in [-0.1, -0.05) is 29.8 Å². The predicted octanol–water partition coefficient (Wildman–Crippen LogP) is 4.61. The van der Waals surface area contributed by atoms with Gasteiger partial charge in [-0.05, 0) is 42.5 Å². The van der Waals surface area contributed by atoms with Crippen LogP contribution in [0.2, 0.25) is 5.02 Å². The third kappa shape index (κ3) is 4.52. The van der Waals surface area contributed by atoms with E-state index in [2.05, 4.69) is 15.6 Å². The highest BCUT2D eigenvalue weighted by molar-refractivity contribution is 6.30. The molecule has 0 unspecified atom stereocenters. The van der Waals surface area contributed by atoms with Gasteiger partial charge in [0.05, 0.1) is 7.11 Å². The van der Waals surface area contributed by atoms with E-state index in [1.807, 2.05) is 24.3 Å². The van der Waals surface area contributed by atoms with Gasteiger partial charge in [0.25, 0.3) is 5.91 Å². The number of para-hydroxylation sites is 1.